The van der Waals surface area contributed by atoms with Crippen LogP contribution >= 0.6 is 0 Å². The fraction of sp³-hybridized carbons (Fsp3) is 0.625. The number of aryl methyl sites for hydroxylation is 1. The highest BCUT2D eigenvalue weighted by Gasteiger charge is 2.51. The van der Waals surface area contributed by atoms with E-state index >= 15 is 0 Å². The minimum absolute atomic E-state index is 0.373. The van der Waals surface area contributed by atoms with Gasteiger partial charge < -0.3 is 17.7 Å². The van der Waals surface area contributed by atoms with Crippen molar-refractivity contribution in [1.29, 1.82) is 0 Å². The van der Waals surface area contributed by atoms with Crippen molar-refractivity contribution in [2.24, 2.45) is 0 Å². The summed E-state index contributed by atoms with van der Waals surface area (Å²) < 4.78 is 24.1. The second-order valence-corrected chi connectivity index (χ2v) is 8.26. The molecule has 5 nitrogen and oxygen atoms in total. The first-order valence-corrected chi connectivity index (χ1v) is 9.65. The fourth-order valence-corrected chi connectivity index (χ4v) is 4.70. The summed E-state index contributed by atoms with van der Waals surface area (Å²) in [5.41, 5.74) is 2.40. The number of nitrogens with zero attached hydrogens (tertiary/aromatic N) is 1. The van der Waals surface area contributed by atoms with Crippen molar-refractivity contribution in [2.45, 2.75) is 26.7 Å². The van der Waals surface area contributed by atoms with Crippen LogP contribution in [0.2, 0.25) is 0 Å². The quantitative estimate of drug-likeness (QED) is 0.798. The maximum atomic E-state index is 6.24. The van der Waals surface area contributed by atoms with E-state index in [0.717, 1.165) is 25.4 Å². The summed E-state index contributed by atoms with van der Waals surface area (Å²) in [6.07, 6.45) is 0. The van der Waals surface area contributed by atoms with Crippen molar-refractivity contribution in [2.75, 3.05) is 39.5 Å². The highest BCUT2D eigenvalue weighted by atomic mass is 28.4. The number of hydrogen-bond acceptors (Lipinski definition) is 5. The van der Waals surface area contributed by atoms with Gasteiger partial charge in [-0.15, -0.1) is 0 Å². The number of hydrogen-bond donors (Lipinski definition) is 0. The van der Waals surface area contributed by atoms with Crippen LogP contribution < -0.4 is 4.43 Å². The van der Waals surface area contributed by atoms with Crippen molar-refractivity contribution < 1.29 is 17.7 Å². The SMILES string of the molecule is Cc1ccc(O[Si]23OCCN(CCO2)CCO3)c(C(C)C)c1. The molecule has 0 atom stereocenters. The molecule has 2 bridgehead atoms. The molecule has 0 saturated carbocycles. The van der Waals surface area contributed by atoms with Gasteiger partial charge in [0.2, 0.25) is 0 Å². The number of benzene rings is 1. The van der Waals surface area contributed by atoms with Gasteiger partial charge in [0.25, 0.3) is 0 Å². The van der Waals surface area contributed by atoms with Crippen LogP contribution in [0.1, 0.15) is 30.9 Å². The van der Waals surface area contributed by atoms with Crippen molar-refractivity contribution in [1.82, 2.24) is 4.90 Å². The van der Waals surface area contributed by atoms with Crippen LogP contribution in [0.5, 0.6) is 5.75 Å². The lowest BCUT2D eigenvalue weighted by atomic mass is 10.0. The lowest BCUT2D eigenvalue weighted by Crippen LogP contribution is -2.59. The van der Waals surface area contributed by atoms with E-state index in [1.807, 2.05) is 6.07 Å². The molecular weight excluding hydrogens is 298 g/mol. The van der Waals surface area contributed by atoms with Gasteiger partial charge in [-0.3, -0.25) is 4.90 Å². The summed E-state index contributed by atoms with van der Waals surface area (Å²) in [5.74, 6) is 1.20. The molecule has 1 aromatic rings. The summed E-state index contributed by atoms with van der Waals surface area (Å²) >= 11 is 0. The smallest absolute Gasteiger partial charge is 0.480 e. The van der Waals surface area contributed by atoms with Gasteiger partial charge in [0.05, 0.1) is 19.8 Å². The molecule has 0 unspecified atom stereocenters. The van der Waals surface area contributed by atoms with Crippen LogP contribution in [0.25, 0.3) is 0 Å². The molecule has 122 valence electrons. The third-order valence-electron chi connectivity index (χ3n) is 4.08. The van der Waals surface area contributed by atoms with Crippen LogP contribution in [0.15, 0.2) is 18.2 Å². The van der Waals surface area contributed by atoms with Gasteiger partial charge in [-0.05, 0) is 24.5 Å². The zero-order valence-electron chi connectivity index (χ0n) is 13.6. The van der Waals surface area contributed by atoms with E-state index in [0.29, 0.717) is 25.7 Å². The largest absolute Gasteiger partial charge is 0.749 e. The number of fused-ring (bicyclic) bond motifs is 6. The summed E-state index contributed by atoms with van der Waals surface area (Å²) in [4.78, 5) is 2.29. The first-order valence-electron chi connectivity index (χ1n) is 8.02. The van der Waals surface area contributed by atoms with Gasteiger partial charge in [-0.2, -0.15) is 0 Å². The molecular formula is C16H25NO4Si. The molecule has 0 aromatic heterocycles. The van der Waals surface area contributed by atoms with E-state index in [4.69, 9.17) is 17.7 Å². The topological polar surface area (TPSA) is 40.2 Å². The second-order valence-electron chi connectivity index (χ2n) is 6.19. The average Bonchev–Trinajstić information content (AvgIpc) is 2.41. The maximum absolute atomic E-state index is 6.24. The zero-order chi connectivity index (χ0) is 15.6. The Bertz CT molecular complexity index is 496. The third-order valence-corrected chi connectivity index (χ3v) is 6.22. The molecule has 0 aliphatic carbocycles. The molecule has 6 heteroatoms. The summed E-state index contributed by atoms with van der Waals surface area (Å²) in [6, 6.07) is 6.23. The van der Waals surface area contributed by atoms with E-state index in [1.54, 1.807) is 0 Å². The Hall–Kier alpha value is -0.923. The predicted octanol–water partition coefficient (Wildman–Crippen LogP) is 2.31. The van der Waals surface area contributed by atoms with E-state index in [2.05, 4.69) is 37.8 Å². The maximum Gasteiger partial charge on any atom is 0.749 e. The Morgan fingerprint density at radius 2 is 1.64 bits per heavy atom. The molecule has 22 heavy (non-hydrogen) atoms. The van der Waals surface area contributed by atoms with Gasteiger partial charge in [-0.25, -0.2) is 0 Å². The molecule has 4 rings (SSSR count). The van der Waals surface area contributed by atoms with Crippen LogP contribution in [0.4, 0.5) is 0 Å². The fourth-order valence-electron chi connectivity index (χ4n) is 2.79. The standard InChI is InChI=1S/C16H25NO4Si/c1-13(2)15-12-14(3)4-5-16(15)21-22-18-9-6-17(7-10-19-22)8-11-20-22/h4-5,12-13H,6-11H2,1-3H3. The molecule has 0 spiro atoms. The van der Waals surface area contributed by atoms with Crippen LogP contribution in [0, 0.1) is 6.92 Å². The Morgan fingerprint density at radius 3 is 2.18 bits per heavy atom. The van der Waals surface area contributed by atoms with Crippen LogP contribution in [0.3, 0.4) is 0 Å². The van der Waals surface area contributed by atoms with Gasteiger partial charge in [0, 0.05) is 19.6 Å². The van der Waals surface area contributed by atoms with Crippen molar-refractivity contribution in [3.8, 4) is 5.75 Å². The molecule has 0 N–H and O–H groups in total. The molecule has 3 aliphatic heterocycles. The van der Waals surface area contributed by atoms with Gasteiger partial charge in [0.15, 0.2) is 0 Å². The molecule has 1 aromatic carbocycles. The third kappa shape index (κ3) is 3.52. The van der Waals surface area contributed by atoms with Gasteiger partial charge >= 0.3 is 9.05 Å². The molecule has 3 fully saturated rings. The van der Waals surface area contributed by atoms with Crippen LogP contribution in [-0.2, 0) is 13.3 Å². The highest BCUT2D eigenvalue weighted by molar-refractivity contribution is 6.54. The average molecular weight is 323 g/mol. The minimum Gasteiger partial charge on any atom is -0.480 e. The molecule has 0 amide bonds. The molecule has 3 heterocycles. The summed E-state index contributed by atoms with van der Waals surface area (Å²) in [6.45, 7) is 10.9. The predicted molar refractivity (Wildman–Crippen MR) is 85.9 cm³/mol. The lowest BCUT2D eigenvalue weighted by Gasteiger charge is -2.37. The van der Waals surface area contributed by atoms with E-state index < -0.39 is 9.05 Å². The Kier molecular flexibility index (Phi) is 4.84. The first kappa shape index (κ1) is 16.0. The minimum atomic E-state index is -3.09. The summed E-state index contributed by atoms with van der Waals surface area (Å²) in [5, 5.41) is 0. The monoisotopic (exact) mass is 323 g/mol. The zero-order valence-corrected chi connectivity index (χ0v) is 14.6. The summed E-state index contributed by atoms with van der Waals surface area (Å²) in [7, 11) is -3.09. The lowest BCUT2D eigenvalue weighted by molar-refractivity contribution is -0.0497. The van der Waals surface area contributed by atoms with Crippen molar-refractivity contribution in [3.63, 3.8) is 0 Å². The second kappa shape index (κ2) is 6.68. The van der Waals surface area contributed by atoms with Gasteiger partial charge in [0.1, 0.15) is 5.75 Å². The van der Waals surface area contributed by atoms with Crippen LogP contribution in [-0.4, -0.2) is 53.4 Å². The van der Waals surface area contributed by atoms with Crippen molar-refractivity contribution >= 4 is 9.05 Å². The van der Waals surface area contributed by atoms with E-state index in [9.17, 15) is 0 Å². The highest BCUT2D eigenvalue weighted by Crippen LogP contribution is 2.31. The van der Waals surface area contributed by atoms with Gasteiger partial charge in [-0.1, -0.05) is 31.5 Å². The van der Waals surface area contributed by atoms with Crippen molar-refractivity contribution in [3.05, 3.63) is 29.3 Å². The first-order chi connectivity index (χ1) is 10.6. The Morgan fingerprint density at radius 1 is 1.05 bits per heavy atom. The van der Waals surface area contributed by atoms with E-state index in [1.165, 1.54) is 11.1 Å². The van der Waals surface area contributed by atoms with E-state index in [-0.39, 0.29) is 0 Å². The number of rotatable bonds is 3. The molecule has 3 aliphatic rings. The molecule has 3 saturated heterocycles. The molecule has 0 radical (unpaired) electrons. The Labute approximate surface area is 133 Å². The Balaban J connectivity index is 1.86. The normalized spacial score (nSPS) is 29.0.